The van der Waals surface area contributed by atoms with Crippen molar-refractivity contribution >= 4 is 5.71 Å². The molecule has 0 aliphatic rings. The molecule has 0 aromatic carbocycles. The van der Waals surface area contributed by atoms with Crippen LogP contribution in [0.5, 0.6) is 0 Å². The van der Waals surface area contributed by atoms with Crippen molar-refractivity contribution in [2.45, 2.75) is 65.5 Å². The van der Waals surface area contributed by atoms with Gasteiger partial charge in [-0.05, 0) is 33.6 Å². The smallest absolute Gasteiger partial charge is 0.102 e. The van der Waals surface area contributed by atoms with Crippen molar-refractivity contribution in [3.05, 3.63) is 0 Å². The summed E-state index contributed by atoms with van der Waals surface area (Å²) in [7, 11) is 0. The van der Waals surface area contributed by atoms with E-state index in [1.165, 1.54) is 0 Å². The van der Waals surface area contributed by atoms with E-state index in [4.69, 9.17) is 0 Å². The maximum Gasteiger partial charge on any atom is 0.102 e. The first-order valence-electron chi connectivity index (χ1n) is 5.23. The zero-order chi connectivity index (χ0) is 10.5. The van der Waals surface area contributed by atoms with Crippen LogP contribution in [0, 0.1) is 35.6 Å². The van der Waals surface area contributed by atoms with Crippen molar-refractivity contribution in [1.29, 1.82) is 0 Å². The summed E-state index contributed by atoms with van der Waals surface area (Å²) in [6.45, 7) is 10.1. The number of aliphatic hydroxyl groups is 1. The van der Waals surface area contributed by atoms with E-state index in [-0.39, 0.29) is 41.6 Å². The largest absolute Gasteiger partial charge is 0.384 e. The molecule has 2 nitrogen and oxygen atoms in total. The van der Waals surface area contributed by atoms with Gasteiger partial charge in [-0.2, -0.15) is 0 Å². The predicted molar refractivity (Wildman–Crippen MR) is 58.4 cm³/mol. The normalized spacial score (nSPS) is 16.4. The Morgan fingerprint density at radius 3 is 2.14 bits per heavy atom. The number of aliphatic imine (C=N–C) groups is 1. The zero-order valence-electron chi connectivity index (χ0n) is 10.2. The second-order valence-corrected chi connectivity index (χ2v) is 3.94. The van der Waals surface area contributed by atoms with Gasteiger partial charge in [-0.1, -0.05) is 20.3 Å². The molecule has 0 aromatic rings. The summed E-state index contributed by atoms with van der Waals surface area (Å²) in [6, 6.07) is 0.273. The van der Waals surface area contributed by atoms with E-state index in [0.29, 0.717) is 0 Å². The van der Waals surface area contributed by atoms with Crippen LogP contribution in [0.1, 0.15) is 53.9 Å². The molecule has 0 aliphatic heterocycles. The second kappa shape index (κ2) is 8.03. The maximum absolute atomic E-state index is 10.2. The van der Waals surface area contributed by atoms with E-state index in [9.17, 15) is 5.11 Å². The number of nitrogens with zero attached hydrogens (tertiary/aromatic N) is 1. The molecule has 0 saturated heterocycles. The molecule has 1 atom stereocenters. The molecule has 0 rings (SSSR count). The van der Waals surface area contributed by atoms with Gasteiger partial charge in [-0.15, -0.1) is 0 Å². The van der Waals surface area contributed by atoms with E-state index >= 15 is 0 Å². The minimum atomic E-state index is -0.668. The summed E-state index contributed by atoms with van der Waals surface area (Å²) in [4.78, 5) is 4.41. The van der Waals surface area contributed by atoms with Gasteiger partial charge in [0.1, 0.15) is 5.60 Å². The third-order valence-electron chi connectivity index (χ3n) is 2.37. The molecule has 1 radical (unpaired) electrons. The molecule has 1 unspecified atom stereocenters. The SMILES string of the molecule is CCCC(O)(CC)C(C)=NC(C)C.[La]. The van der Waals surface area contributed by atoms with Crippen LogP contribution in [0.4, 0.5) is 0 Å². The Labute approximate surface area is 116 Å². The Hall–Kier alpha value is 0.825. The first-order valence-corrected chi connectivity index (χ1v) is 5.23. The predicted octanol–water partition coefficient (Wildman–Crippen LogP) is 2.80. The Morgan fingerprint density at radius 2 is 1.86 bits per heavy atom. The molecule has 81 valence electrons. The van der Waals surface area contributed by atoms with E-state index in [1.54, 1.807) is 0 Å². The van der Waals surface area contributed by atoms with Crippen molar-refractivity contribution in [1.82, 2.24) is 0 Å². The van der Waals surface area contributed by atoms with Gasteiger partial charge in [0.05, 0.1) is 0 Å². The van der Waals surface area contributed by atoms with Crippen molar-refractivity contribution in [2.24, 2.45) is 4.99 Å². The summed E-state index contributed by atoms with van der Waals surface area (Å²) in [5, 5.41) is 10.2. The molecular weight excluding hydrogens is 301 g/mol. The fourth-order valence-corrected chi connectivity index (χ4v) is 1.53. The fraction of sp³-hybridized carbons (Fsp3) is 0.909. The summed E-state index contributed by atoms with van der Waals surface area (Å²) in [5.41, 5.74) is 0.214. The molecule has 0 aliphatic carbocycles. The Kier molecular flexibility index (Phi) is 9.88. The van der Waals surface area contributed by atoms with Crippen LogP contribution in [0.2, 0.25) is 0 Å². The Morgan fingerprint density at radius 1 is 1.36 bits per heavy atom. The Balaban J connectivity index is 0. The van der Waals surface area contributed by atoms with Crippen LogP contribution < -0.4 is 0 Å². The van der Waals surface area contributed by atoms with Crippen molar-refractivity contribution in [2.75, 3.05) is 0 Å². The zero-order valence-corrected chi connectivity index (χ0v) is 13.8. The van der Waals surface area contributed by atoms with Gasteiger partial charge in [0.2, 0.25) is 0 Å². The van der Waals surface area contributed by atoms with Gasteiger partial charge in [0.25, 0.3) is 0 Å². The molecule has 1 N–H and O–H groups in total. The van der Waals surface area contributed by atoms with E-state index in [0.717, 1.165) is 25.0 Å². The molecule has 0 spiro atoms. The minimum absolute atomic E-state index is 0. The van der Waals surface area contributed by atoms with Crippen molar-refractivity contribution in [3.63, 3.8) is 0 Å². The van der Waals surface area contributed by atoms with Crippen LogP contribution in [0.15, 0.2) is 4.99 Å². The summed E-state index contributed by atoms with van der Waals surface area (Å²) < 4.78 is 0. The standard InChI is InChI=1S/C11H23NO.La/c1-6-8-11(13,7-2)10(5)12-9(3)4;/h9,13H,6-8H2,1-5H3;. The van der Waals surface area contributed by atoms with Crippen LogP contribution >= 0.6 is 0 Å². The number of hydrogen-bond acceptors (Lipinski definition) is 2. The average Bonchev–Trinajstić information content (AvgIpc) is 2.03. The minimum Gasteiger partial charge on any atom is -0.384 e. The third kappa shape index (κ3) is 5.64. The quantitative estimate of drug-likeness (QED) is 0.775. The first kappa shape index (κ1) is 17.2. The van der Waals surface area contributed by atoms with Crippen molar-refractivity contribution < 1.29 is 40.7 Å². The molecule has 0 heterocycles. The van der Waals surface area contributed by atoms with Gasteiger partial charge in [0, 0.05) is 47.4 Å². The van der Waals surface area contributed by atoms with E-state index in [1.807, 2.05) is 27.7 Å². The fourth-order valence-electron chi connectivity index (χ4n) is 1.53. The van der Waals surface area contributed by atoms with Gasteiger partial charge in [-0.3, -0.25) is 4.99 Å². The van der Waals surface area contributed by atoms with Crippen LogP contribution in [-0.2, 0) is 0 Å². The van der Waals surface area contributed by atoms with Crippen LogP contribution in [0.25, 0.3) is 0 Å². The maximum atomic E-state index is 10.2. The summed E-state index contributed by atoms with van der Waals surface area (Å²) >= 11 is 0. The molecule has 0 amide bonds. The first-order chi connectivity index (χ1) is 5.96. The van der Waals surface area contributed by atoms with Crippen molar-refractivity contribution in [3.8, 4) is 0 Å². The van der Waals surface area contributed by atoms with Gasteiger partial charge in [0.15, 0.2) is 0 Å². The van der Waals surface area contributed by atoms with Gasteiger partial charge >= 0.3 is 0 Å². The molecule has 0 bridgehead atoms. The molecule has 3 heteroatoms. The topological polar surface area (TPSA) is 32.6 Å². The average molecular weight is 324 g/mol. The van der Waals surface area contributed by atoms with Gasteiger partial charge < -0.3 is 5.11 Å². The number of hydrogen-bond donors (Lipinski definition) is 1. The molecule has 0 fully saturated rings. The second-order valence-electron chi connectivity index (χ2n) is 3.94. The van der Waals surface area contributed by atoms with E-state index < -0.39 is 5.60 Å². The molecule has 0 aromatic heterocycles. The van der Waals surface area contributed by atoms with Crippen LogP contribution in [0.3, 0.4) is 0 Å². The molecular formula is C11H23LaNO. The summed E-state index contributed by atoms with van der Waals surface area (Å²) in [6.07, 6.45) is 2.56. The third-order valence-corrected chi connectivity index (χ3v) is 2.37. The molecule has 14 heavy (non-hydrogen) atoms. The summed E-state index contributed by atoms with van der Waals surface area (Å²) in [5.74, 6) is 0. The molecule has 0 saturated carbocycles. The number of rotatable bonds is 5. The monoisotopic (exact) mass is 324 g/mol. The van der Waals surface area contributed by atoms with Gasteiger partial charge in [-0.25, -0.2) is 0 Å². The van der Waals surface area contributed by atoms with Crippen LogP contribution in [-0.4, -0.2) is 22.5 Å². The Bertz CT molecular complexity index is 180. The van der Waals surface area contributed by atoms with E-state index in [2.05, 4.69) is 11.9 Å².